The fourth-order valence-electron chi connectivity index (χ4n) is 8.51. The van der Waals surface area contributed by atoms with Crippen LogP contribution in [0.25, 0.3) is 11.1 Å². The maximum Gasteiger partial charge on any atom is 0.343 e. The topological polar surface area (TPSA) is 123 Å². The van der Waals surface area contributed by atoms with Crippen molar-refractivity contribution in [3.8, 4) is 0 Å². The maximum absolute atomic E-state index is 14.8. The highest BCUT2D eigenvalue weighted by atomic mass is 35.5. The number of unbranched alkanes of at least 4 members (excludes halogenated alkanes) is 3. The molecule has 1 N–H and O–H groups in total. The highest BCUT2D eigenvalue weighted by Crippen LogP contribution is 2.40. The SMILES string of the molecule is CCCCC(CC)C(=O)Nc1cc(=O)n2c(n1)C(C(=O)OC1C(C)CC(C)CC1C)=C(c1ccc(Cl)cc1)C2=Nc1cc(Cl)c(C)c(C(=O)N(CCCC)CCCC)c1. The summed E-state index contributed by atoms with van der Waals surface area (Å²) in [6.07, 6.45) is 8.21. The smallest absolute Gasteiger partial charge is 0.343 e. The molecule has 0 saturated heterocycles. The minimum absolute atomic E-state index is 0.00703. The van der Waals surface area contributed by atoms with Gasteiger partial charge in [0.2, 0.25) is 5.91 Å². The molecule has 0 spiro atoms. The molecular formula is C47H61Cl2N5O5. The molecule has 5 rings (SSSR count). The van der Waals surface area contributed by atoms with Crippen LogP contribution in [0.5, 0.6) is 0 Å². The molecule has 10 nitrogen and oxygen atoms in total. The number of hydrogen-bond donors (Lipinski definition) is 1. The molecule has 1 aliphatic carbocycles. The number of fused-ring (bicyclic) bond motifs is 1. The molecular weight excluding hydrogens is 785 g/mol. The first-order valence-corrected chi connectivity index (χ1v) is 22.3. The lowest BCUT2D eigenvalue weighted by molar-refractivity contribution is -0.150. The van der Waals surface area contributed by atoms with Crippen molar-refractivity contribution < 1.29 is 19.1 Å². The molecule has 2 aliphatic rings. The Morgan fingerprint density at radius 1 is 0.932 bits per heavy atom. The quantitative estimate of drug-likeness (QED) is 0.135. The van der Waals surface area contributed by atoms with Gasteiger partial charge in [-0.3, -0.25) is 14.4 Å². The summed E-state index contributed by atoms with van der Waals surface area (Å²) in [7, 11) is 0. The summed E-state index contributed by atoms with van der Waals surface area (Å²) < 4.78 is 7.71. The second-order valence-electron chi connectivity index (χ2n) is 16.6. The average Bonchev–Trinajstić information content (AvgIpc) is 3.51. The Morgan fingerprint density at radius 2 is 1.56 bits per heavy atom. The van der Waals surface area contributed by atoms with E-state index in [0.29, 0.717) is 69.8 Å². The normalized spacial score (nSPS) is 20.1. The average molecular weight is 847 g/mol. The molecule has 318 valence electrons. The summed E-state index contributed by atoms with van der Waals surface area (Å²) in [5.74, 6) is -0.503. The van der Waals surface area contributed by atoms with E-state index in [1.54, 1.807) is 36.4 Å². The number of rotatable bonds is 17. The van der Waals surface area contributed by atoms with Gasteiger partial charge < -0.3 is 15.0 Å². The molecule has 59 heavy (non-hydrogen) atoms. The maximum atomic E-state index is 14.8. The van der Waals surface area contributed by atoms with Gasteiger partial charge in [0.05, 0.1) is 5.69 Å². The van der Waals surface area contributed by atoms with Crippen molar-refractivity contribution in [2.24, 2.45) is 28.7 Å². The van der Waals surface area contributed by atoms with Gasteiger partial charge in [-0.1, -0.05) is 109 Å². The molecule has 1 aromatic heterocycles. The Labute approximate surface area is 359 Å². The van der Waals surface area contributed by atoms with Crippen molar-refractivity contribution >= 4 is 69.5 Å². The summed E-state index contributed by atoms with van der Waals surface area (Å²) in [6, 6.07) is 11.5. The summed E-state index contributed by atoms with van der Waals surface area (Å²) >= 11 is 13.2. The van der Waals surface area contributed by atoms with E-state index < -0.39 is 11.5 Å². The van der Waals surface area contributed by atoms with Crippen LogP contribution >= 0.6 is 23.2 Å². The molecule has 3 aromatic rings. The number of nitrogens with one attached hydrogen (secondary N) is 1. The first kappa shape index (κ1) is 45.8. The molecule has 1 fully saturated rings. The van der Waals surface area contributed by atoms with Gasteiger partial charge >= 0.3 is 5.97 Å². The van der Waals surface area contributed by atoms with Crippen molar-refractivity contribution in [1.29, 1.82) is 0 Å². The van der Waals surface area contributed by atoms with E-state index in [0.717, 1.165) is 51.4 Å². The number of benzene rings is 2. The number of ether oxygens (including phenoxy) is 1. The predicted molar refractivity (Wildman–Crippen MR) is 240 cm³/mol. The van der Waals surface area contributed by atoms with Crippen LogP contribution in [0, 0.1) is 30.6 Å². The van der Waals surface area contributed by atoms with Crippen LogP contribution < -0.4 is 10.9 Å². The van der Waals surface area contributed by atoms with Gasteiger partial charge in [0.1, 0.15) is 17.5 Å². The largest absolute Gasteiger partial charge is 0.458 e. The van der Waals surface area contributed by atoms with Crippen molar-refractivity contribution in [3.05, 3.63) is 85.4 Å². The summed E-state index contributed by atoms with van der Waals surface area (Å²) in [5.41, 5.74) is 1.66. The number of nitrogens with zero attached hydrogens (tertiary/aromatic N) is 4. The lowest BCUT2D eigenvalue weighted by Crippen LogP contribution is -2.37. The molecule has 0 radical (unpaired) electrons. The Hall–Kier alpha value is -4.28. The molecule has 2 amide bonds. The summed E-state index contributed by atoms with van der Waals surface area (Å²) in [4.78, 5) is 68.7. The van der Waals surface area contributed by atoms with Crippen LogP contribution in [-0.4, -0.2) is 57.3 Å². The van der Waals surface area contributed by atoms with Crippen LogP contribution in [0.15, 0.2) is 52.3 Å². The number of hydrogen-bond acceptors (Lipinski definition) is 7. The monoisotopic (exact) mass is 845 g/mol. The highest BCUT2D eigenvalue weighted by molar-refractivity contribution is 6.44. The Kier molecular flexibility index (Phi) is 16.1. The number of halogens is 2. The number of aliphatic imine (C=N–C) groups is 1. The number of amides is 2. The van der Waals surface area contributed by atoms with E-state index in [9.17, 15) is 19.2 Å². The fraction of sp³-hybridized carbons (Fsp3) is 0.532. The Morgan fingerprint density at radius 3 is 2.15 bits per heavy atom. The molecule has 2 aromatic carbocycles. The number of carbonyl (C=O) groups is 3. The van der Waals surface area contributed by atoms with Crippen LogP contribution in [0.1, 0.15) is 140 Å². The predicted octanol–water partition coefficient (Wildman–Crippen LogP) is 11.2. The van der Waals surface area contributed by atoms with Gasteiger partial charge in [0, 0.05) is 46.3 Å². The van der Waals surface area contributed by atoms with E-state index in [-0.39, 0.29) is 58.7 Å². The lowest BCUT2D eigenvalue weighted by Gasteiger charge is -2.37. The lowest BCUT2D eigenvalue weighted by atomic mass is 9.75. The van der Waals surface area contributed by atoms with E-state index in [4.69, 9.17) is 37.9 Å². The van der Waals surface area contributed by atoms with Gasteiger partial charge in [0.25, 0.3) is 11.5 Å². The summed E-state index contributed by atoms with van der Waals surface area (Å²) in [5, 5.41) is 3.69. The third kappa shape index (κ3) is 10.7. The number of esters is 1. The van der Waals surface area contributed by atoms with Crippen molar-refractivity contribution in [3.63, 3.8) is 0 Å². The van der Waals surface area contributed by atoms with Gasteiger partial charge in [-0.2, -0.15) is 0 Å². The zero-order valence-electron chi connectivity index (χ0n) is 36.0. The van der Waals surface area contributed by atoms with Gasteiger partial charge in [-0.05, 0) is 98.6 Å². The standard InChI is InChI=1S/C47H61Cl2N5O5/c1-9-13-16-32(12-4)45(56)52-38-27-39(55)54-43(50-35-25-36(31(8)37(49)26-35)46(57)53(21-14-10-2)22-15-11-3)40(33-17-19-34(48)20-18-33)41(44(54)51-38)47(58)59-42-29(6)23-28(5)24-30(42)7/h17-20,25-30,32,42H,9-16,21-24H2,1-8H3,(H,52,56). The van der Waals surface area contributed by atoms with Crippen LogP contribution in [0.3, 0.4) is 0 Å². The zero-order chi connectivity index (χ0) is 43.0. The molecule has 0 bridgehead atoms. The van der Waals surface area contributed by atoms with E-state index in [1.165, 1.54) is 10.6 Å². The van der Waals surface area contributed by atoms with Crippen LogP contribution in [0.2, 0.25) is 10.0 Å². The second kappa shape index (κ2) is 20.8. The van der Waals surface area contributed by atoms with Gasteiger partial charge in [-0.25, -0.2) is 19.3 Å². The first-order valence-electron chi connectivity index (χ1n) is 21.6. The van der Waals surface area contributed by atoms with Crippen molar-refractivity contribution in [2.75, 3.05) is 18.4 Å². The van der Waals surface area contributed by atoms with Crippen LogP contribution in [0.4, 0.5) is 11.5 Å². The highest BCUT2D eigenvalue weighted by Gasteiger charge is 2.41. The van der Waals surface area contributed by atoms with E-state index >= 15 is 0 Å². The Balaban J connectivity index is 1.74. The zero-order valence-corrected chi connectivity index (χ0v) is 37.5. The molecule has 3 unspecified atom stereocenters. The summed E-state index contributed by atoms with van der Waals surface area (Å²) in [6.45, 7) is 17.7. The molecule has 12 heteroatoms. The first-order chi connectivity index (χ1) is 28.2. The number of allylic oxidation sites excluding steroid dienone is 1. The number of anilines is 1. The minimum atomic E-state index is -0.655. The molecule has 2 heterocycles. The number of carbonyl (C=O) groups excluding carboxylic acids is 3. The third-order valence-corrected chi connectivity index (χ3v) is 12.4. The second-order valence-corrected chi connectivity index (χ2v) is 17.4. The number of aromatic nitrogens is 2. The van der Waals surface area contributed by atoms with Crippen molar-refractivity contribution in [1.82, 2.24) is 14.5 Å². The van der Waals surface area contributed by atoms with Gasteiger partial charge in [0.15, 0.2) is 11.7 Å². The van der Waals surface area contributed by atoms with Crippen molar-refractivity contribution in [2.45, 2.75) is 126 Å². The van der Waals surface area contributed by atoms with Crippen LogP contribution in [-0.2, 0) is 14.3 Å². The Bertz CT molecular complexity index is 2110. The van der Waals surface area contributed by atoms with E-state index in [2.05, 4.69) is 46.9 Å². The third-order valence-electron chi connectivity index (χ3n) is 11.7. The van der Waals surface area contributed by atoms with E-state index in [1.807, 2.05) is 18.7 Å². The molecule has 1 aliphatic heterocycles. The fourth-order valence-corrected chi connectivity index (χ4v) is 8.85. The molecule has 3 atom stereocenters. The molecule has 1 saturated carbocycles. The van der Waals surface area contributed by atoms with Gasteiger partial charge in [-0.15, -0.1) is 0 Å². The minimum Gasteiger partial charge on any atom is -0.458 e.